The van der Waals surface area contributed by atoms with Crippen molar-refractivity contribution in [2.45, 2.75) is 39.7 Å². The molecule has 0 bridgehead atoms. The third-order valence-electron chi connectivity index (χ3n) is 2.88. The lowest BCUT2D eigenvalue weighted by molar-refractivity contribution is -0.143. The number of hydrogen-bond acceptors (Lipinski definition) is 4. The Morgan fingerprint density at radius 1 is 1.33 bits per heavy atom. The molecule has 1 atom stereocenters. The standard InChI is InChI=1S/C11H21NO5S/c1-5-11(2,3)10(15)12-8(9(13)14)6-7-18(4,16)17/h8H,5-7H2,1-4H3,(H,12,15)(H,13,14). The van der Waals surface area contributed by atoms with Crippen LogP contribution in [0.1, 0.15) is 33.6 Å². The highest BCUT2D eigenvalue weighted by atomic mass is 32.2. The van der Waals surface area contributed by atoms with E-state index in [1.165, 1.54) is 0 Å². The van der Waals surface area contributed by atoms with Crippen LogP contribution >= 0.6 is 0 Å². The number of aliphatic carboxylic acids is 1. The summed E-state index contributed by atoms with van der Waals surface area (Å²) in [5.74, 6) is -1.87. The molecule has 0 rings (SSSR count). The smallest absolute Gasteiger partial charge is 0.326 e. The molecular formula is C11H21NO5S. The molecule has 0 fully saturated rings. The number of carboxylic acid groups (broad SMARTS) is 1. The van der Waals surface area contributed by atoms with Crippen molar-refractivity contribution in [2.24, 2.45) is 5.41 Å². The number of sulfone groups is 1. The molecule has 1 amide bonds. The summed E-state index contributed by atoms with van der Waals surface area (Å²) >= 11 is 0. The van der Waals surface area contributed by atoms with Gasteiger partial charge < -0.3 is 10.4 Å². The van der Waals surface area contributed by atoms with Gasteiger partial charge in [0.1, 0.15) is 15.9 Å². The maximum absolute atomic E-state index is 11.8. The van der Waals surface area contributed by atoms with Crippen LogP contribution in [0.5, 0.6) is 0 Å². The van der Waals surface area contributed by atoms with Gasteiger partial charge in [-0.2, -0.15) is 0 Å². The van der Waals surface area contributed by atoms with Gasteiger partial charge in [0, 0.05) is 11.7 Å². The summed E-state index contributed by atoms with van der Waals surface area (Å²) in [6.07, 6.45) is 1.47. The highest BCUT2D eigenvalue weighted by Crippen LogP contribution is 2.19. The Hall–Kier alpha value is -1.11. The number of carbonyl (C=O) groups is 2. The van der Waals surface area contributed by atoms with Crippen LogP contribution < -0.4 is 5.32 Å². The Balaban J connectivity index is 4.66. The molecule has 0 aromatic rings. The zero-order valence-corrected chi connectivity index (χ0v) is 12.0. The first-order chi connectivity index (χ1) is 7.99. The monoisotopic (exact) mass is 279 g/mol. The van der Waals surface area contributed by atoms with Crippen LogP contribution in [-0.2, 0) is 19.4 Å². The molecular weight excluding hydrogens is 258 g/mol. The molecule has 0 aliphatic rings. The normalized spacial score (nSPS) is 14.0. The largest absolute Gasteiger partial charge is 0.480 e. The molecule has 106 valence electrons. The maximum Gasteiger partial charge on any atom is 0.326 e. The topological polar surface area (TPSA) is 101 Å². The number of carbonyl (C=O) groups excluding carboxylic acids is 1. The average Bonchev–Trinajstić information content (AvgIpc) is 2.21. The van der Waals surface area contributed by atoms with Crippen molar-refractivity contribution < 1.29 is 23.1 Å². The Morgan fingerprint density at radius 2 is 1.83 bits per heavy atom. The average molecular weight is 279 g/mol. The van der Waals surface area contributed by atoms with Gasteiger partial charge in [0.2, 0.25) is 5.91 Å². The van der Waals surface area contributed by atoms with E-state index in [-0.39, 0.29) is 18.1 Å². The summed E-state index contributed by atoms with van der Waals surface area (Å²) in [6.45, 7) is 5.24. The molecule has 0 radical (unpaired) electrons. The van der Waals surface area contributed by atoms with E-state index in [2.05, 4.69) is 5.32 Å². The third kappa shape index (κ3) is 6.00. The first kappa shape index (κ1) is 16.9. The minimum Gasteiger partial charge on any atom is -0.480 e. The van der Waals surface area contributed by atoms with Crippen molar-refractivity contribution in [1.82, 2.24) is 5.32 Å². The maximum atomic E-state index is 11.8. The van der Waals surface area contributed by atoms with Crippen LogP contribution in [0, 0.1) is 5.41 Å². The molecule has 6 nitrogen and oxygen atoms in total. The summed E-state index contributed by atoms with van der Waals surface area (Å²) in [7, 11) is -3.24. The van der Waals surface area contributed by atoms with E-state index < -0.39 is 27.3 Å². The molecule has 0 aliphatic carbocycles. The van der Waals surface area contributed by atoms with E-state index >= 15 is 0 Å². The molecule has 0 aromatic carbocycles. The first-order valence-corrected chi connectivity index (χ1v) is 7.77. The SMILES string of the molecule is CCC(C)(C)C(=O)NC(CCS(C)(=O)=O)C(=O)O. The van der Waals surface area contributed by atoms with Gasteiger partial charge in [-0.25, -0.2) is 13.2 Å². The molecule has 0 saturated heterocycles. The first-order valence-electron chi connectivity index (χ1n) is 5.71. The molecule has 0 saturated carbocycles. The molecule has 0 aliphatic heterocycles. The van der Waals surface area contributed by atoms with Gasteiger partial charge in [-0.05, 0) is 12.8 Å². The molecule has 0 aromatic heterocycles. The van der Waals surface area contributed by atoms with Crippen LogP contribution in [0.4, 0.5) is 0 Å². The predicted molar refractivity (Wildman–Crippen MR) is 68.0 cm³/mol. The Morgan fingerprint density at radius 3 is 2.17 bits per heavy atom. The molecule has 0 spiro atoms. The zero-order chi connectivity index (χ0) is 14.6. The minimum absolute atomic E-state index is 0.125. The van der Waals surface area contributed by atoms with Gasteiger partial charge in [-0.1, -0.05) is 20.8 Å². The van der Waals surface area contributed by atoms with Gasteiger partial charge in [0.25, 0.3) is 0 Å². The second kappa shape index (κ2) is 6.17. The summed E-state index contributed by atoms with van der Waals surface area (Å²) in [5, 5.41) is 11.3. The van der Waals surface area contributed by atoms with Gasteiger partial charge in [-0.3, -0.25) is 4.79 Å². The second-order valence-electron chi connectivity index (χ2n) is 5.02. The Labute approximate surface area is 108 Å². The van der Waals surface area contributed by atoms with E-state index in [9.17, 15) is 18.0 Å². The number of nitrogens with one attached hydrogen (secondary N) is 1. The fourth-order valence-electron chi connectivity index (χ4n) is 1.10. The van der Waals surface area contributed by atoms with E-state index in [1.807, 2.05) is 6.92 Å². The minimum atomic E-state index is -3.24. The van der Waals surface area contributed by atoms with E-state index in [1.54, 1.807) is 13.8 Å². The summed E-state index contributed by atoms with van der Waals surface area (Å²) in [6, 6.07) is -1.17. The lowest BCUT2D eigenvalue weighted by Gasteiger charge is -2.24. The van der Waals surface area contributed by atoms with Crippen LogP contribution in [0.25, 0.3) is 0 Å². The molecule has 1 unspecified atom stereocenters. The highest BCUT2D eigenvalue weighted by Gasteiger charge is 2.30. The number of rotatable bonds is 7. The fraction of sp³-hybridized carbons (Fsp3) is 0.818. The number of hydrogen-bond donors (Lipinski definition) is 2. The second-order valence-corrected chi connectivity index (χ2v) is 7.28. The highest BCUT2D eigenvalue weighted by molar-refractivity contribution is 7.90. The summed E-state index contributed by atoms with van der Waals surface area (Å²) < 4.78 is 22.0. The van der Waals surface area contributed by atoms with Crippen molar-refractivity contribution in [1.29, 1.82) is 0 Å². The van der Waals surface area contributed by atoms with Crippen molar-refractivity contribution in [3.05, 3.63) is 0 Å². The third-order valence-corrected chi connectivity index (χ3v) is 3.86. The predicted octanol–water partition coefficient (Wildman–Crippen LogP) is 0.427. The molecule has 7 heteroatoms. The summed E-state index contributed by atoms with van der Waals surface area (Å²) in [4.78, 5) is 22.8. The van der Waals surface area contributed by atoms with E-state index in [4.69, 9.17) is 5.11 Å². The number of carboxylic acids is 1. The van der Waals surface area contributed by atoms with Crippen molar-refractivity contribution in [3.63, 3.8) is 0 Å². The van der Waals surface area contributed by atoms with Crippen LogP contribution in [0.15, 0.2) is 0 Å². The Bertz CT molecular complexity index is 413. The zero-order valence-electron chi connectivity index (χ0n) is 11.2. The van der Waals surface area contributed by atoms with Gasteiger partial charge in [0.05, 0.1) is 5.75 Å². The van der Waals surface area contributed by atoms with Gasteiger partial charge >= 0.3 is 5.97 Å². The molecule has 2 N–H and O–H groups in total. The molecule has 18 heavy (non-hydrogen) atoms. The van der Waals surface area contributed by atoms with E-state index in [0.29, 0.717) is 6.42 Å². The number of amides is 1. The fourth-order valence-corrected chi connectivity index (χ4v) is 1.77. The van der Waals surface area contributed by atoms with Crippen molar-refractivity contribution >= 4 is 21.7 Å². The quantitative estimate of drug-likeness (QED) is 0.703. The van der Waals surface area contributed by atoms with Crippen molar-refractivity contribution in [2.75, 3.05) is 12.0 Å². The van der Waals surface area contributed by atoms with Crippen LogP contribution in [0.3, 0.4) is 0 Å². The molecule has 0 heterocycles. The van der Waals surface area contributed by atoms with Gasteiger partial charge in [-0.15, -0.1) is 0 Å². The van der Waals surface area contributed by atoms with Crippen LogP contribution in [-0.4, -0.2) is 43.5 Å². The van der Waals surface area contributed by atoms with E-state index in [0.717, 1.165) is 6.26 Å². The Kier molecular flexibility index (Phi) is 5.79. The van der Waals surface area contributed by atoms with Crippen molar-refractivity contribution in [3.8, 4) is 0 Å². The lowest BCUT2D eigenvalue weighted by atomic mass is 9.89. The summed E-state index contributed by atoms with van der Waals surface area (Å²) in [5.41, 5.74) is -0.668. The van der Waals surface area contributed by atoms with Gasteiger partial charge in [0.15, 0.2) is 0 Å². The van der Waals surface area contributed by atoms with Crippen LogP contribution in [0.2, 0.25) is 0 Å². The lowest BCUT2D eigenvalue weighted by Crippen LogP contribution is -2.47.